The standard InChI is InChI=1S/C16H28O/c1-10-11(2)13-7-12(10)8-16(13)9-14(3,4)17-15(16,5)6/h10-13H,7-9H2,1-6H3. The van der Waals surface area contributed by atoms with Crippen LogP contribution in [0.2, 0.25) is 0 Å². The zero-order valence-corrected chi connectivity index (χ0v) is 12.3. The molecule has 0 radical (unpaired) electrons. The Balaban J connectivity index is 1.99. The molecule has 1 saturated heterocycles. The van der Waals surface area contributed by atoms with E-state index in [1.165, 1.54) is 19.3 Å². The van der Waals surface area contributed by atoms with Crippen molar-refractivity contribution in [1.29, 1.82) is 0 Å². The topological polar surface area (TPSA) is 9.23 Å². The van der Waals surface area contributed by atoms with Crippen molar-refractivity contribution in [3.05, 3.63) is 0 Å². The second kappa shape index (κ2) is 3.10. The van der Waals surface area contributed by atoms with E-state index in [9.17, 15) is 0 Å². The van der Waals surface area contributed by atoms with Gasteiger partial charge in [-0.25, -0.2) is 0 Å². The highest BCUT2D eigenvalue weighted by Crippen LogP contribution is 2.70. The van der Waals surface area contributed by atoms with E-state index in [0.29, 0.717) is 5.41 Å². The predicted octanol–water partition coefficient (Wildman–Crippen LogP) is 4.26. The lowest BCUT2D eigenvalue weighted by molar-refractivity contribution is -0.113. The highest BCUT2D eigenvalue weighted by molar-refractivity contribution is 5.16. The zero-order chi connectivity index (χ0) is 12.6. The van der Waals surface area contributed by atoms with Crippen LogP contribution < -0.4 is 0 Å². The minimum absolute atomic E-state index is 0.0737. The van der Waals surface area contributed by atoms with E-state index in [1.54, 1.807) is 0 Å². The largest absolute Gasteiger partial charge is 0.369 e. The number of ether oxygens (including phenoxy) is 1. The first-order valence-electron chi connectivity index (χ1n) is 7.39. The Morgan fingerprint density at radius 2 is 1.65 bits per heavy atom. The van der Waals surface area contributed by atoms with Crippen molar-refractivity contribution in [3.8, 4) is 0 Å². The van der Waals surface area contributed by atoms with Crippen molar-refractivity contribution in [1.82, 2.24) is 0 Å². The number of fused-ring (bicyclic) bond motifs is 3. The smallest absolute Gasteiger partial charge is 0.0693 e. The van der Waals surface area contributed by atoms with Crippen LogP contribution in [0.15, 0.2) is 0 Å². The Morgan fingerprint density at radius 3 is 2.06 bits per heavy atom. The summed E-state index contributed by atoms with van der Waals surface area (Å²) in [5.74, 6) is 3.70. The van der Waals surface area contributed by atoms with E-state index in [1.807, 2.05) is 0 Å². The summed E-state index contributed by atoms with van der Waals surface area (Å²) >= 11 is 0. The fourth-order valence-electron chi connectivity index (χ4n) is 5.87. The highest BCUT2D eigenvalue weighted by Gasteiger charge is 2.68. The molecule has 1 spiro atoms. The third-order valence-corrected chi connectivity index (χ3v) is 6.57. The molecule has 2 bridgehead atoms. The molecule has 0 aromatic carbocycles. The van der Waals surface area contributed by atoms with Crippen molar-refractivity contribution in [3.63, 3.8) is 0 Å². The van der Waals surface area contributed by atoms with E-state index < -0.39 is 0 Å². The molecule has 98 valence electrons. The molecule has 0 amide bonds. The predicted molar refractivity (Wildman–Crippen MR) is 70.8 cm³/mol. The van der Waals surface area contributed by atoms with Gasteiger partial charge in [-0.05, 0) is 70.6 Å². The van der Waals surface area contributed by atoms with E-state index in [2.05, 4.69) is 41.5 Å². The van der Waals surface area contributed by atoms with Crippen LogP contribution in [0.4, 0.5) is 0 Å². The van der Waals surface area contributed by atoms with Gasteiger partial charge >= 0.3 is 0 Å². The summed E-state index contributed by atoms with van der Waals surface area (Å²) in [5, 5.41) is 0. The van der Waals surface area contributed by atoms with E-state index in [4.69, 9.17) is 4.74 Å². The van der Waals surface area contributed by atoms with Gasteiger partial charge in [-0.1, -0.05) is 13.8 Å². The Bertz CT molecular complexity index is 341. The monoisotopic (exact) mass is 236 g/mol. The molecule has 1 nitrogen and oxygen atoms in total. The first-order valence-corrected chi connectivity index (χ1v) is 7.39. The Labute approximate surface area is 106 Å². The summed E-state index contributed by atoms with van der Waals surface area (Å²) in [6.45, 7) is 14.2. The molecule has 2 aliphatic carbocycles. The molecule has 5 unspecified atom stereocenters. The molecular weight excluding hydrogens is 208 g/mol. The SMILES string of the molecule is CC1C2CC(C1C)C1(C2)CC(C)(C)OC1(C)C. The van der Waals surface area contributed by atoms with Gasteiger partial charge in [0.2, 0.25) is 0 Å². The van der Waals surface area contributed by atoms with E-state index in [0.717, 1.165) is 23.7 Å². The number of hydrogen-bond donors (Lipinski definition) is 0. The van der Waals surface area contributed by atoms with Crippen molar-refractivity contribution >= 4 is 0 Å². The maximum Gasteiger partial charge on any atom is 0.0693 e. The van der Waals surface area contributed by atoms with Gasteiger partial charge in [-0.15, -0.1) is 0 Å². The van der Waals surface area contributed by atoms with Crippen molar-refractivity contribution in [2.24, 2.45) is 29.1 Å². The second-order valence-corrected chi connectivity index (χ2v) is 8.23. The van der Waals surface area contributed by atoms with Gasteiger partial charge in [-0.2, -0.15) is 0 Å². The lowest BCUT2D eigenvalue weighted by Gasteiger charge is -2.47. The van der Waals surface area contributed by atoms with Crippen LogP contribution in [0.1, 0.15) is 60.8 Å². The molecule has 1 heteroatoms. The molecule has 17 heavy (non-hydrogen) atoms. The first-order chi connectivity index (χ1) is 7.69. The Morgan fingerprint density at radius 1 is 1.00 bits per heavy atom. The fraction of sp³-hybridized carbons (Fsp3) is 1.00. The first kappa shape index (κ1) is 12.0. The summed E-state index contributed by atoms with van der Waals surface area (Å²) in [6, 6.07) is 0. The molecule has 0 aromatic heterocycles. The van der Waals surface area contributed by atoms with Gasteiger partial charge in [0.25, 0.3) is 0 Å². The minimum Gasteiger partial charge on any atom is -0.369 e. The van der Waals surface area contributed by atoms with Gasteiger partial charge in [-0.3, -0.25) is 0 Å². The van der Waals surface area contributed by atoms with Gasteiger partial charge in [0.05, 0.1) is 11.2 Å². The zero-order valence-electron chi connectivity index (χ0n) is 12.3. The van der Waals surface area contributed by atoms with Crippen LogP contribution in [-0.2, 0) is 4.74 Å². The fourth-order valence-corrected chi connectivity index (χ4v) is 5.87. The number of rotatable bonds is 0. The van der Waals surface area contributed by atoms with Gasteiger partial charge < -0.3 is 4.74 Å². The van der Waals surface area contributed by atoms with Crippen molar-refractivity contribution in [2.75, 3.05) is 0 Å². The Hall–Kier alpha value is -0.0400. The molecule has 3 aliphatic rings. The van der Waals surface area contributed by atoms with Gasteiger partial charge in [0.1, 0.15) is 0 Å². The lowest BCUT2D eigenvalue weighted by Crippen LogP contribution is -2.47. The third kappa shape index (κ3) is 1.35. The summed E-state index contributed by atoms with van der Waals surface area (Å²) in [6.07, 6.45) is 4.15. The number of hydrogen-bond acceptors (Lipinski definition) is 1. The van der Waals surface area contributed by atoms with Crippen LogP contribution in [0.5, 0.6) is 0 Å². The van der Waals surface area contributed by atoms with Crippen LogP contribution in [0.3, 0.4) is 0 Å². The maximum absolute atomic E-state index is 6.41. The minimum atomic E-state index is 0.0737. The summed E-state index contributed by atoms with van der Waals surface area (Å²) in [7, 11) is 0. The average Bonchev–Trinajstić information content (AvgIpc) is 2.69. The molecule has 3 rings (SSSR count). The van der Waals surface area contributed by atoms with Crippen LogP contribution >= 0.6 is 0 Å². The average molecular weight is 236 g/mol. The van der Waals surface area contributed by atoms with Gasteiger partial charge in [0.15, 0.2) is 0 Å². The molecule has 1 aliphatic heterocycles. The Kier molecular flexibility index (Phi) is 2.19. The molecule has 0 N–H and O–H groups in total. The van der Waals surface area contributed by atoms with Crippen molar-refractivity contribution in [2.45, 2.75) is 72.0 Å². The molecule has 3 fully saturated rings. The van der Waals surface area contributed by atoms with E-state index >= 15 is 0 Å². The molecule has 2 saturated carbocycles. The quantitative estimate of drug-likeness (QED) is 0.610. The van der Waals surface area contributed by atoms with Crippen molar-refractivity contribution < 1.29 is 4.74 Å². The molecule has 1 heterocycles. The molecular formula is C16H28O. The molecule has 0 aromatic rings. The van der Waals surface area contributed by atoms with Crippen LogP contribution in [0, 0.1) is 29.1 Å². The summed E-state index contributed by atoms with van der Waals surface area (Å²) in [4.78, 5) is 0. The second-order valence-electron chi connectivity index (χ2n) is 8.23. The van der Waals surface area contributed by atoms with Crippen LogP contribution in [0.25, 0.3) is 0 Å². The van der Waals surface area contributed by atoms with Gasteiger partial charge in [0, 0.05) is 5.41 Å². The normalized spacial score (nSPS) is 54.7. The van der Waals surface area contributed by atoms with Crippen LogP contribution in [-0.4, -0.2) is 11.2 Å². The molecule has 5 atom stereocenters. The van der Waals surface area contributed by atoms with E-state index in [-0.39, 0.29) is 11.2 Å². The highest BCUT2D eigenvalue weighted by atomic mass is 16.5. The maximum atomic E-state index is 6.41. The summed E-state index contributed by atoms with van der Waals surface area (Å²) in [5.41, 5.74) is 0.619. The lowest BCUT2D eigenvalue weighted by atomic mass is 9.57. The summed E-state index contributed by atoms with van der Waals surface area (Å²) < 4.78 is 6.41. The third-order valence-electron chi connectivity index (χ3n) is 6.57.